The molecule has 0 fully saturated rings. The first-order chi connectivity index (χ1) is 9.92. The van der Waals surface area contributed by atoms with Crippen LogP contribution in [0.5, 0.6) is 0 Å². The van der Waals surface area contributed by atoms with Crippen LogP contribution in [0, 0.1) is 10.5 Å². The maximum absolute atomic E-state index is 13.2. The van der Waals surface area contributed by atoms with E-state index in [-0.39, 0.29) is 18.8 Å². The molecule has 0 N–H and O–H groups in total. The highest BCUT2D eigenvalue weighted by Crippen LogP contribution is 2.42. The van der Waals surface area contributed by atoms with E-state index in [4.69, 9.17) is 4.74 Å². The first-order valence-corrected chi connectivity index (χ1v) is 7.81. The minimum atomic E-state index is -4.41. The van der Waals surface area contributed by atoms with E-state index in [1.165, 1.54) is 4.90 Å². The van der Waals surface area contributed by atoms with Gasteiger partial charge in [-0.25, -0.2) is 9.48 Å². The van der Waals surface area contributed by atoms with Crippen molar-refractivity contribution in [1.29, 1.82) is 0 Å². The third kappa shape index (κ3) is 3.33. The molecule has 5 nitrogen and oxygen atoms in total. The summed E-state index contributed by atoms with van der Waals surface area (Å²) in [6.45, 7) is 6.69. The van der Waals surface area contributed by atoms with E-state index in [2.05, 4.69) is 5.10 Å². The van der Waals surface area contributed by atoms with Gasteiger partial charge < -0.3 is 4.74 Å². The Bertz CT molecular complexity index is 593. The van der Waals surface area contributed by atoms with Crippen molar-refractivity contribution in [3.05, 3.63) is 9.26 Å². The van der Waals surface area contributed by atoms with Gasteiger partial charge in [0.15, 0.2) is 11.9 Å². The van der Waals surface area contributed by atoms with Gasteiger partial charge in [0.25, 0.3) is 0 Å². The van der Waals surface area contributed by atoms with Crippen LogP contribution in [0.1, 0.15) is 38.9 Å². The van der Waals surface area contributed by atoms with Crippen LogP contribution in [0.2, 0.25) is 0 Å². The lowest BCUT2D eigenvalue weighted by atomic mass is 10.1. The number of nitrogens with zero attached hydrogens (tertiary/aromatic N) is 3. The van der Waals surface area contributed by atoms with Gasteiger partial charge in [0, 0.05) is 6.54 Å². The first-order valence-electron chi connectivity index (χ1n) is 6.73. The molecule has 1 aliphatic rings. The second-order valence-corrected chi connectivity index (χ2v) is 7.22. The van der Waals surface area contributed by atoms with Gasteiger partial charge in [0.05, 0.1) is 9.26 Å². The fourth-order valence-electron chi connectivity index (χ4n) is 2.25. The number of aromatic nitrogens is 2. The molecule has 22 heavy (non-hydrogen) atoms. The lowest BCUT2D eigenvalue weighted by molar-refractivity contribution is -0.172. The number of fused-ring (bicyclic) bond motifs is 1. The zero-order chi connectivity index (χ0) is 16.9. The summed E-state index contributed by atoms with van der Waals surface area (Å²) in [4.78, 5) is 13.5. The number of carbonyl (C=O) groups is 1. The molecule has 1 aromatic rings. The van der Waals surface area contributed by atoms with Gasteiger partial charge in [-0.3, -0.25) is 4.90 Å². The molecular weight excluding hydrogens is 414 g/mol. The monoisotopic (exact) mass is 431 g/mol. The average Bonchev–Trinajstić information content (AvgIpc) is 2.61. The lowest BCUT2D eigenvalue weighted by Gasteiger charge is -2.35. The minimum absolute atomic E-state index is 0.0553. The number of anilines is 1. The highest BCUT2D eigenvalue weighted by atomic mass is 127. The lowest BCUT2D eigenvalue weighted by Crippen LogP contribution is -2.45. The zero-order valence-electron chi connectivity index (χ0n) is 12.7. The Morgan fingerprint density at radius 2 is 1.95 bits per heavy atom. The van der Waals surface area contributed by atoms with Crippen molar-refractivity contribution in [2.45, 2.75) is 51.9 Å². The summed E-state index contributed by atoms with van der Waals surface area (Å²) in [6.07, 6.45) is -5.31. The summed E-state index contributed by atoms with van der Waals surface area (Å²) in [6, 6.07) is -1.72. The number of carbonyl (C=O) groups excluding carboxylic acids is 1. The summed E-state index contributed by atoms with van der Waals surface area (Å²) in [5.41, 5.74) is -0.260. The van der Waals surface area contributed by atoms with E-state index in [1.54, 1.807) is 27.7 Å². The Labute approximate surface area is 139 Å². The number of hydrogen-bond acceptors (Lipinski definition) is 3. The van der Waals surface area contributed by atoms with Crippen LogP contribution < -0.4 is 4.90 Å². The van der Waals surface area contributed by atoms with Crippen LogP contribution >= 0.6 is 22.6 Å². The molecule has 0 aliphatic carbocycles. The third-order valence-electron chi connectivity index (χ3n) is 3.16. The predicted octanol–water partition coefficient (Wildman–Crippen LogP) is 4.04. The predicted molar refractivity (Wildman–Crippen MR) is 83.0 cm³/mol. The Balaban J connectivity index is 2.43. The van der Waals surface area contributed by atoms with Gasteiger partial charge in [-0.15, -0.1) is 0 Å². The molecule has 1 amide bonds. The molecule has 0 radical (unpaired) electrons. The van der Waals surface area contributed by atoms with Crippen LogP contribution in [0.4, 0.5) is 23.8 Å². The SMILES string of the molecule is Cc1nn2c(c1I)N(C(=O)OC(C)(C)C)CCC2C(F)(F)F. The van der Waals surface area contributed by atoms with E-state index < -0.39 is 23.9 Å². The van der Waals surface area contributed by atoms with Crippen molar-refractivity contribution < 1.29 is 22.7 Å². The van der Waals surface area contributed by atoms with Crippen molar-refractivity contribution in [2.24, 2.45) is 0 Å². The summed E-state index contributed by atoms with van der Waals surface area (Å²) in [5.74, 6) is 0.154. The van der Waals surface area contributed by atoms with Crippen molar-refractivity contribution in [3.63, 3.8) is 0 Å². The average molecular weight is 431 g/mol. The van der Waals surface area contributed by atoms with Gasteiger partial charge >= 0.3 is 12.3 Å². The molecular formula is C13H17F3IN3O2. The van der Waals surface area contributed by atoms with E-state index in [0.29, 0.717) is 9.26 Å². The number of halogens is 4. The molecule has 1 aromatic heterocycles. The van der Waals surface area contributed by atoms with Crippen LogP contribution in [0.15, 0.2) is 0 Å². The Hall–Kier alpha value is -1.00. The number of rotatable bonds is 0. The van der Waals surface area contributed by atoms with Crippen LogP contribution in [-0.2, 0) is 4.74 Å². The molecule has 0 spiro atoms. The molecule has 9 heteroatoms. The minimum Gasteiger partial charge on any atom is -0.443 e. The second-order valence-electron chi connectivity index (χ2n) is 6.15. The number of aryl methyl sites for hydroxylation is 1. The normalized spacial score (nSPS) is 19.1. The quantitative estimate of drug-likeness (QED) is 0.583. The molecule has 2 rings (SSSR count). The summed E-state index contributed by atoms with van der Waals surface area (Å²) in [7, 11) is 0. The fraction of sp³-hybridized carbons (Fsp3) is 0.692. The van der Waals surface area contributed by atoms with Crippen molar-refractivity contribution >= 4 is 34.5 Å². The Morgan fingerprint density at radius 1 is 1.36 bits per heavy atom. The van der Waals surface area contributed by atoms with E-state index in [9.17, 15) is 18.0 Å². The maximum Gasteiger partial charge on any atom is 0.416 e. The number of alkyl halides is 3. The summed E-state index contributed by atoms with van der Waals surface area (Å²) in [5, 5.41) is 3.97. The summed E-state index contributed by atoms with van der Waals surface area (Å²) < 4.78 is 46.2. The first kappa shape index (κ1) is 17.4. The van der Waals surface area contributed by atoms with Crippen molar-refractivity contribution in [1.82, 2.24) is 9.78 Å². The van der Waals surface area contributed by atoms with Crippen molar-refractivity contribution in [2.75, 3.05) is 11.4 Å². The van der Waals surface area contributed by atoms with Crippen molar-refractivity contribution in [3.8, 4) is 0 Å². The Kier molecular flexibility index (Phi) is 4.39. The fourth-order valence-corrected chi connectivity index (χ4v) is 2.90. The van der Waals surface area contributed by atoms with Gasteiger partial charge in [-0.05, 0) is 56.7 Å². The molecule has 1 aliphatic heterocycles. The molecule has 124 valence electrons. The summed E-state index contributed by atoms with van der Waals surface area (Å²) >= 11 is 1.91. The molecule has 1 atom stereocenters. The maximum atomic E-state index is 13.2. The van der Waals surface area contributed by atoms with E-state index in [1.807, 2.05) is 22.6 Å². The van der Waals surface area contributed by atoms with Crippen LogP contribution in [-0.4, -0.2) is 34.2 Å². The molecule has 0 aromatic carbocycles. The van der Waals surface area contributed by atoms with Gasteiger partial charge in [-0.2, -0.15) is 18.3 Å². The van der Waals surface area contributed by atoms with E-state index >= 15 is 0 Å². The zero-order valence-corrected chi connectivity index (χ0v) is 14.8. The van der Waals surface area contributed by atoms with Gasteiger partial charge in [0.2, 0.25) is 0 Å². The Morgan fingerprint density at radius 3 is 2.45 bits per heavy atom. The largest absolute Gasteiger partial charge is 0.443 e. The molecule has 0 bridgehead atoms. The van der Waals surface area contributed by atoms with Crippen LogP contribution in [0.25, 0.3) is 0 Å². The number of amides is 1. The third-order valence-corrected chi connectivity index (χ3v) is 4.42. The smallest absolute Gasteiger partial charge is 0.416 e. The van der Waals surface area contributed by atoms with Crippen LogP contribution in [0.3, 0.4) is 0 Å². The van der Waals surface area contributed by atoms with Gasteiger partial charge in [0.1, 0.15) is 5.60 Å². The topological polar surface area (TPSA) is 47.4 Å². The second kappa shape index (κ2) is 5.57. The molecule has 2 heterocycles. The molecule has 0 saturated carbocycles. The highest BCUT2D eigenvalue weighted by Gasteiger charge is 2.47. The standard InChI is InChI=1S/C13H17F3IN3O2/c1-7-9(17)10-19(11(21)22-12(2,3)4)6-5-8(13(14,15)16)20(10)18-7/h8H,5-6H2,1-4H3. The number of hydrogen-bond donors (Lipinski definition) is 0. The van der Waals surface area contributed by atoms with Gasteiger partial charge in [-0.1, -0.05) is 0 Å². The number of ether oxygens (including phenoxy) is 1. The molecule has 1 unspecified atom stereocenters. The van der Waals surface area contributed by atoms with E-state index in [0.717, 1.165) is 4.68 Å². The highest BCUT2D eigenvalue weighted by molar-refractivity contribution is 14.1. The molecule has 0 saturated heterocycles.